The Balaban J connectivity index is 1.62. The van der Waals surface area contributed by atoms with Crippen molar-refractivity contribution in [1.82, 2.24) is 4.98 Å². The minimum Gasteiger partial charge on any atom is -0.472 e. The summed E-state index contributed by atoms with van der Waals surface area (Å²) in [5.74, 6) is 0.0659. The van der Waals surface area contributed by atoms with Gasteiger partial charge in [0.2, 0.25) is 15.9 Å². The molecule has 3 rings (SSSR count). The predicted molar refractivity (Wildman–Crippen MR) is 89.9 cm³/mol. The largest absolute Gasteiger partial charge is 0.472 e. The number of sulfonamides is 1. The van der Waals surface area contributed by atoms with Gasteiger partial charge in [-0.15, -0.1) is 0 Å². The van der Waals surface area contributed by atoms with Gasteiger partial charge in [0.25, 0.3) is 5.91 Å². The van der Waals surface area contributed by atoms with E-state index in [1.165, 1.54) is 30.5 Å². The lowest BCUT2D eigenvalue weighted by Crippen LogP contribution is -2.17. The van der Waals surface area contributed by atoms with Gasteiger partial charge in [0, 0.05) is 24.4 Å². The average Bonchev–Trinajstić information content (AvgIpc) is 3.08. The Bertz CT molecular complexity index is 844. The van der Waals surface area contributed by atoms with Crippen molar-refractivity contribution < 1.29 is 22.7 Å². The fraction of sp³-hybridized carbons (Fsp3) is 0.250. The molecule has 0 bridgehead atoms. The Hall–Kier alpha value is -2.49. The van der Waals surface area contributed by atoms with E-state index in [-0.39, 0.29) is 16.9 Å². The van der Waals surface area contributed by atoms with Crippen molar-refractivity contribution in [3.8, 4) is 5.88 Å². The summed E-state index contributed by atoms with van der Waals surface area (Å²) >= 11 is 0. The summed E-state index contributed by atoms with van der Waals surface area (Å²) in [5, 5.41) is 7.68. The zero-order chi connectivity index (χ0) is 17.9. The third-order valence-corrected chi connectivity index (χ3v) is 4.54. The van der Waals surface area contributed by atoms with Crippen molar-refractivity contribution in [2.75, 3.05) is 18.5 Å². The fourth-order valence-electron chi connectivity index (χ4n) is 2.29. The second-order valence-electron chi connectivity index (χ2n) is 5.51. The normalized spacial score (nSPS) is 17.2. The van der Waals surface area contributed by atoms with Crippen LogP contribution in [0.3, 0.4) is 0 Å². The van der Waals surface area contributed by atoms with Crippen LogP contribution in [-0.2, 0) is 14.8 Å². The van der Waals surface area contributed by atoms with Gasteiger partial charge in [0.15, 0.2) is 0 Å². The second kappa shape index (κ2) is 7.18. The number of anilines is 1. The second-order valence-corrected chi connectivity index (χ2v) is 7.07. The molecule has 2 aromatic rings. The van der Waals surface area contributed by atoms with Crippen LogP contribution in [0.1, 0.15) is 16.8 Å². The summed E-state index contributed by atoms with van der Waals surface area (Å²) in [6.07, 6.45) is 2.22. The SMILES string of the molecule is NS(=O)(=O)c1ccc(NC(=O)c2ccc(OC3CCOC3)nc2)cc1. The first-order valence-electron chi connectivity index (χ1n) is 7.56. The summed E-state index contributed by atoms with van der Waals surface area (Å²) < 4.78 is 33.3. The monoisotopic (exact) mass is 363 g/mol. The van der Waals surface area contributed by atoms with Crippen LogP contribution >= 0.6 is 0 Å². The van der Waals surface area contributed by atoms with Crippen molar-refractivity contribution >= 4 is 21.6 Å². The molecule has 1 amide bonds. The predicted octanol–water partition coefficient (Wildman–Crippen LogP) is 1.15. The van der Waals surface area contributed by atoms with Crippen LogP contribution in [0.5, 0.6) is 5.88 Å². The number of aromatic nitrogens is 1. The molecule has 3 N–H and O–H groups in total. The minimum absolute atomic E-state index is 0.00971. The first-order valence-corrected chi connectivity index (χ1v) is 9.11. The number of amides is 1. The van der Waals surface area contributed by atoms with E-state index in [1.54, 1.807) is 12.1 Å². The molecule has 1 fully saturated rings. The molecule has 1 aromatic carbocycles. The fourth-order valence-corrected chi connectivity index (χ4v) is 2.81. The number of nitrogens with one attached hydrogen (secondary N) is 1. The Kier molecular flexibility index (Phi) is 4.98. The highest BCUT2D eigenvalue weighted by molar-refractivity contribution is 7.89. The Morgan fingerprint density at radius 2 is 2.00 bits per heavy atom. The van der Waals surface area contributed by atoms with Crippen molar-refractivity contribution in [3.63, 3.8) is 0 Å². The van der Waals surface area contributed by atoms with Crippen molar-refractivity contribution in [3.05, 3.63) is 48.2 Å². The van der Waals surface area contributed by atoms with Crippen LogP contribution in [0.2, 0.25) is 0 Å². The lowest BCUT2D eigenvalue weighted by atomic mass is 10.2. The van der Waals surface area contributed by atoms with E-state index < -0.39 is 10.0 Å². The number of carbonyl (C=O) groups is 1. The zero-order valence-corrected chi connectivity index (χ0v) is 14.0. The molecule has 25 heavy (non-hydrogen) atoms. The van der Waals surface area contributed by atoms with Gasteiger partial charge in [-0.2, -0.15) is 0 Å². The summed E-state index contributed by atoms with van der Waals surface area (Å²) in [4.78, 5) is 16.3. The molecule has 132 valence electrons. The van der Waals surface area contributed by atoms with E-state index in [0.29, 0.717) is 30.3 Å². The Morgan fingerprint density at radius 1 is 1.24 bits per heavy atom. The topological polar surface area (TPSA) is 121 Å². The molecule has 1 atom stereocenters. The molecule has 0 spiro atoms. The number of rotatable bonds is 5. The summed E-state index contributed by atoms with van der Waals surface area (Å²) in [6.45, 7) is 1.22. The van der Waals surface area contributed by atoms with Gasteiger partial charge in [-0.1, -0.05) is 0 Å². The van der Waals surface area contributed by atoms with Gasteiger partial charge in [0.1, 0.15) is 6.10 Å². The highest BCUT2D eigenvalue weighted by atomic mass is 32.2. The minimum atomic E-state index is -3.76. The number of nitrogens with two attached hydrogens (primary N) is 1. The van der Waals surface area contributed by atoms with Crippen LogP contribution in [0.15, 0.2) is 47.5 Å². The number of ether oxygens (including phenoxy) is 2. The zero-order valence-electron chi connectivity index (χ0n) is 13.2. The van der Waals surface area contributed by atoms with E-state index in [0.717, 1.165) is 6.42 Å². The highest BCUT2D eigenvalue weighted by Crippen LogP contribution is 2.16. The van der Waals surface area contributed by atoms with E-state index in [2.05, 4.69) is 10.3 Å². The third-order valence-electron chi connectivity index (χ3n) is 3.61. The molecule has 8 nitrogen and oxygen atoms in total. The number of primary sulfonamides is 1. The van der Waals surface area contributed by atoms with Gasteiger partial charge >= 0.3 is 0 Å². The maximum Gasteiger partial charge on any atom is 0.257 e. The maximum absolute atomic E-state index is 12.2. The number of hydrogen-bond acceptors (Lipinski definition) is 6. The van der Waals surface area contributed by atoms with E-state index in [4.69, 9.17) is 14.6 Å². The van der Waals surface area contributed by atoms with Crippen LogP contribution in [0.4, 0.5) is 5.69 Å². The maximum atomic E-state index is 12.2. The van der Waals surface area contributed by atoms with Crippen LogP contribution in [-0.4, -0.2) is 38.6 Å². The number of benzene rings is 1. The molecule has 1 aliphatic heterocycles. The van der Waals surface area contributed by atoms with Gasteiger partial charge < -0.3 is 14.8 Å². The lowest BCUT2D eigenvalue weighted by Gasteiger charge is -2.11. The molecule has 2 heterocycles. The van der Waals surface area contributed by atoms with Gasteiger partial charge in [-0.3, -0.25) is 4.79 Å². The number of pyridine rings is 1. The van der Waals surface area contributed by atoms with E-state index in [1.807, 2.05) is 0 Å². The molecule has 0 saturated carbocycles. The summed E-state index contributed by atoms with van der Waals surface area (Å²) in [6, 6.07) is 8.79. The van der Waals surface area contributed by atoms with Crippen LogP contribution in [0, 0.1) is 0 Å². The van der Waals surface area contributed by atoms with Crippen LogP contribution in [0.25, 0.3) is 0 Å². The Morgan fingerprint density at radius 3 is 2.56 bits per heavy atom. The quantitative estimate of drug-likeness (QED) is 0.822. The molecule has 0 radical (unpaired) electrons. The van der Waals surface area contributed by atoms with Gasteiger partial charge in [-0.25, -0.2) is 18.5 Å². The molecule has 1 unspecified atom stereocenters. The smallest absolute Gasteiger partial charge is 0.257 e. The summed E-state index contributed by atoms with van der Waals surface area (Å²) in [7, 11) is -3.76. The molecular weight excluding hydrogens is 346 g/mol. The highest BCUT2D eigenvalue weighted by Gasteiger charge is 2.18. The molecule has 1 saturated heterocycles. The number of carbonyl (C=O) groups excluding carboxylic acids is 1. The molecular formula is C16H17N3O5S. The molecule has 1 aromatic heterocycles. The van der Waals surface area contributed by atoms with Crippen LogP contribution < -0.4 is 15.2 Å². The first-order chi connectivity index (χ1) is 11.9. The molecule has 1 aliphatic rings. The van der Waals surface area contributed by atoms with Crippen molar-refractivity contribution in [1.29, 1.82) is 0 Å². The lowest BCUT2D eigenvalue weighted by molar-refractivity contribution is 0.102. The van der Waals surface area contributed by atoms with Crippen molar-refractivity contribution in [2.24, 2.45) is 5.14 Å². The standard InChI is InChI=1S/C16H17N3O5S/c17-25(21,22)14-4-2-12(3-5-14)19-16(20)11-1-6-15(18-9-11)24-13-7-8-23-10-13/h1-6,9,13H,7-8,10H2,(H,19,20)(H2,17,21,22). The average molecular weight is 363 g/mol. The van der Waals surface area contributed by atoms with E-state index in [9.17, 15) is 13.2 Å². The van der Waals surface area contributed by atoms with Gasteiger partial charge in [-0.05, 0) is 30.3 Å². The Labute approximate surface area is 145 Å². The van der Waals surface area contributed by atoms with Gasteiger partial charge in [0.05, 0.1) is 23.7 Å². The number of nitrogens with zero attached hydrogens (tertiary/aromatic N) is 1. The first kappa shape index (κ1) is 17.3. The molecule has 9 heteroatoms. The molecule has 0 aliphatic carbocycles. The number of hydrogen-bond donors (Lipinski definition) is 2. The summed E-state index contributed by atoms with van der Waals surface area (Å²) in [5.41, 5.74) is 0.798. The van der Waals surface area contributed by atoms with Crippen molar-refractivity contribution in [2.45, 2.75) is 17.4 Å². The third kappa shape index (κ3) is 4.53. The van der Waals surface area contributed by atoms with E-state index >= 15 is 0 Å².